The van der Waals surface area contributed by atoms with Gasteiger partial charge in [0.15, 0.2) is 5.82 Å². The molecular weight excluding hydrogens is 280 g/mol. The zero-order valence-corrected chi connectivity index (χ0v) is 13.1. The Labute approximate surface area is 129 Å². The Kier molecular flexibility index (Phi) is 5.16. The highest BCUT2D eigenvalue weighted by Gasteiger charge is 2.25. The van der Waals surface area contributed by atoms with Crippen molar-refractivity contribution in [3.63, 3.8) is 0 Å². The average molecular weight is 302 g/mol. The monoisotopic (exact) mass is 302 g/mol. The number of hydrogen-bond acceptors (Lipinski definition) is 5. The van der Waals surface area contributed by atoms with Gasteiger partial charge in [-0.3, -0.25) is 4.79 Å². The molecule has 0 radical (unpaired) electrons. The Morgan fingerprint density at radius 1 is 1.32 bits per heavy atom. The van der Waals surface area contributed by atoms with Crippen LogP contribution in [0.2, 0.25) is 0 Å². The second kappa shape index (κ2) is 7.09. The van der Waals surface area contributed by atoms with Crippen molar-refractivity contribution in [3.8, 4) is 5.75 Å². The molecule has 0 aliphatic rings. The van der Waals surface area contributed by atoms with E-state index >= 15 is 0 Å². The lowest BCUT2D eigenvalue weighted by molar-refractivity contribution is 0.310. The summed E-state index contributed by atoms with van der Waals surface area (Å²) < 4.78 is 5.82. The topological polar surface area (TPSA) is 79.0 Å². The molecule has 0 saturated heterocycles. The van der Waals surface area contributed by atoms with Crippen molar-refractivity contribution < 1.29 is 4.74 Å². The van der Waals surface area contributed by atoms with Gasteiger partial charge in [0.1, 0.15) is 12.4 Å². The van der Waals surface area contributed by atoms with Gasteiger partial charge in [0, 0.05) is 24.5 Å². The molecule has 2 rings (SSSR count). The van der Waals surface area contributed by atoms with Crippen molar-refractivity contribution in [1.29, 1.82) is 0 Å². The number of likely N-dealkylation sites (N-methyl/N-ethyl adjacent to an activating group) is 1. The maximum atomic E-state index is 11.8. The molecule has 0 spiro atoms. The van der Waals surface area contributed by atoms with E-state index in [1.54, 1.807) is 6.20 Å². The minimum absolute atomic E-state index is 0.246. The molecule has 2 aromatic rings. The smallest absolute Gasteiger partial charge is 0.290 e. The number of aromatic nitrogens is 2. The van der Waals surface area contributed by atoms with E-state index in [-0.39, 0.29) is 11.4 Å². The highest BCUT2D eigenvalue weighted by Crippen LogP contribution is 2.31. The molecule has 1 aromatic heterocycles. The molecule has 3 N–H and O–H groups in total. The lowest BCUT2D eigenvalue weighted by atomic mass is 9.93. The van der Waals surface area contributed by atoms with Crippen LogP contribution in [0.3, 0.4) is 0 Å². The van der Waals surface area contributed by atoms with Gasteiger partial charge in [-0.2, -0.15) is 0 Å². The zero-order valence-electron chi connectivity index (χ0n) is 13.1. The number of rotatable bonds is 7. The van der Waals surface area contributed by atoms with Gasteiger partial charge in [-0.1, -0.05) is 18.2 Å². The number of benzene rings is 1. The Morgan fingerprint density at radius 3 is 2.82 bits per heavy atom. The number of H-pyrrole nitrogens is 1. The normalized spacial score (nSPS) is 11.2. The summed E-state index contributed by atoms with van der Waals surface area (Å²) in [5, 5.41) is 6.23. The maximum absolute atomic E-state index is 11.8. The third-order valence-corrected chi connectivity index (χ3v) is 3.31. The van der Waals surface area contributed by atoms with E-state index in [0.717, 1.165) is 17.9 Å². The van der Waals surface area contributed by atoms with Gasteiger partial charge in [0.25, 0.3) is 5.56 Å². The molecule has 0 bridgehead atoms. The second-order valence-corrected chi connectivity index (χ2v) is 5.47. The Bertz CT molecular complexity index is 667. The average Bonchev–Trinajstić information content (AvgIpc) is 2.50. The molecule has 0 amide bonds. The van der Waals surface area contributed by atoms with E-state index < -0.39 is 5.54 Å². The van der Waals surface area contributed by atoms with Crippen LogP contribution < -0.4 is 20.9 Å². The number of aromatic amines is 1. The third kappa shape index (κ3) is 3.85. The zero-order chi connectivity index (χ0) is 16.0. The molecule has 1 heterocycles. The van der Waals surface area contributed by atoms with Gasteiger partial charge >= 0.3 is 0 Å². The highest BCUT2D eigenvalue weighted by molar-refractivity contribution is 5.45. The summed E-state index contributed by atoms with van der Waals surface area (Å²) in [4.78, 5) is 18.5. The van der Waals surface area contributed by atoms with Gasteiger partial charge in [-0.15, -0.1) is 0 Å². The highest BCUT2D eigenvalue weighted by atomic mass is 16.5. The van der Waals surface area contributed by atoms with Crippen LogP contribution >= 0.6 is 0 Å². The summed E-state index contributed by atoms with van der Waals surface area (Å²) in [6.45, 7) is 5.32. The van der Waals surface area contributed by atoms with E-state index in [2.05, 4.69) is 20.6 Å². The van der Waals surface area contributed by atoms with Crippen LogP contribution in [0.15, 0.2) is 41.5 Å². The Hall–Kier alpha value is -2.34. The first-order valence-electron chi connectivity index (χ1n) is 7.23. The van der Waals surface area contributed by atoms with E-state index in [4.69, 9.17) is 4.74 Å². The van der Waals surface area contributed by atoms with Crippen molar-refractivity contribution in [3.05, 3.63) is 52.6 Å². The van der Waals surface area contributed by atoms with Gasteiger partial charge in [-0.05, 0) is 27.0 Å². The molecule has 118 valence electrons. The summed E-state index contributed by atoms with van der Waals surface area (Å²) >= 11 is 0. The van der Waals surface area contributed by atoms with E-state index in [1.807, 2.05) is 45.2 Å². The van der Waals surface area contributed by atoms with E-state index in [1.165, 1.54) is 6.20 Å². The number of hydrogen-bond donors (Lipinski definition) is 3. The lowest BCUT2D eigenvalue weighted by Crippen LogP contribution is -2.32. The fraction of sp³-hybridized carbons (Fsp3) is 0.375. The summed E-state index contributed by atoms with van der Waals surface area (Å²) in [5.41, 5.74) is 0.220. The van der Waals surface area contributed by atoms with Crippen molar-refractivity contribution >= 4 is 5.82 Å². The van der Waals surface area contributed by atoms with Crippen LogP contribution in [0.1, 0.15) is 19.4 Å². The van der Waals surface area contributed by atoms with Crippen LogP contribution in [0.25, 0.3) is 0 Å². The minimum Gasteiger partial charge on any atom is -0.492 e. The fourth-order valence-electron chi connectivity index (χ4n) is 2.18. The lowest BCUT2D eigenvalue weighted by Gasteiger charge is -2.29. The van der Waals surface area contributed by atoms with Crippen LogP contribution in [0.5, 0.6) is 5.75 Å². The van der Waals surface area contributed by atoms with Gasteiger partial charge < -0.3 is 20.4 Å². The maximum Gasteiger partial charge on any atom is 0.290 e. The molecule has 0 fully saturated rings. The molecule has 0 atom stereocenters. The molecule has 1 aromatic carbocycles. The number of nitrogens with one attached hydrogen (secondary N) is 3. The van der Waals surface area contributed by atoms with Crippen molar-refractivity contribution in [2.75, 3.05) is 25.5 Å². The van der Waals surface area contributed by atoms with Gasteiger partial charge in [-0.25, -0.2) is 4.98 Å². The second-order valence-electron chi connectivity index (χ2n) is 5.47. The first kappa shape index (κ1) is 16.0. The SMILES string of the molecule is CNCCOc1ccccc1C(C)(C)Nc1ncc[nH]c1=O. The van der Waals surface area contributed by atoms with Crippen molar-refractivity contribution in [1.82, 2.24) is 15.3 Å². The third-order valence-electron chi connectivity index (χ3n) is 3.31. The van der Waals surface area contributed by atoms with Crippen molar-refractivity contribution in [2.24, 2.45) is 0 Å². The summed E-state index contributed by atoms with van der Waals surface area (Å²) in [5.74, 6) is 1.08. The molecule has 22 heavy (non-hydrogen) atoms. The summed E-state index contributed by atoms with van der Waals surface area (Å²) in [7, 11) is 1.88. The Morgan fingerprint density at radius 2 is 2.09 bits per heavy atom. The molecule has 0 aliphatic heterocycles. The van der Waals surface area contributed by atoms with Gasteiger partial charge in [0.05, 0.1) is 5.54 Å². The summed E-state index contributed by atoms with van der Waals surface area (Å²) in [6.07, 6.45) is 3.06. The molecule has 0 unspecified atom stereocenters. The fourth-order valence-corrected chi connectivity index (χ4v) is 2.18. The molecular formula is C16H22N4O2. The molecule has 0 saturated carbocycles. The predicted octanol–water partition coefficient (Wildman–Crippen LogP) is 1.72. The van der Waals surface area contributed by atoms with Crippen molar-refractivity contribution in [2.45, 2.75) is 19.4 Å². The number of nitrogens with zero attached hydrogens (tertiary/aromatic N) is 1. The number of anilines is 1. The van der Waals surface area contributed by atoms with Gasteiger partial charge in [0.2, 0.25) is 0 Å². The van der Waals surface area contributed by atoms with Crippen LogP contribution in [-0.2, 0) is 5.54 Å². The minimum atomic E-state index is -0.502. The number of ether oxygens (including phenoxy) is 1. The van der Waals surface area contributed by atoms with E-state index in [9.17, 15) is 4.79 Å². The molecule has 0 aliphatic carbocycles. The standard InChI is InChI=1S/C16H22N4O2/c1-16(2,20-14-15(21)19-9-8-18-14)12-6-4-5-7-13(12)22-11-10-17-3/h4-9,17H,10-11H2,1-3H3,(H,18,20)(H,19,21). The first-order chi connectivity index (χ1) is 10.5. The van der Waals surface area contributed by atoms with Crippen LogP contribution in [-0.4, -0.2) is 30.2 Å². The van der Waals surface area contributed by atoms with E-state index in [0.29, 0.717) is 6.61 Å². The van der Waals surface area contributed by atoms with Crippen LogP contribution in [0.4, 0.5) is 5.82 Å². The quantitative estimate of drug-likeness (QED) is 0.679. The first-order valence-corrected chi connectivity index (χ1v) is 7.23. The largest absolute Gasteiger partial charge is 0.492 e. The molecule has 6 heteroatoms. The summed E-state index contributed by atoms with van der Waals surface area (Å²) in [6, 6.07) is 7.80. The van der Waals surface area contributed by atoms with Crippen LogP contribution in [0, 0.1) is 0 Å². The molecule has 6 nitrogen and oxygen atoms in total. The predicted molar refractivity (Wildman–Crippen MR) is 87.4 cm³/mol. The Balaban J connectivity index is 2.25. The number of para-hydroxylation sites is 1.